The number of phenolic OH excluding ortho intramolecular Hbond substituents is 1. The molecule has 1 fully saturated rings. The van der Waals surface area contributed by atoms with Gasteiger partial charge in [-0.15, -0.1) is 12.4 Å². The molecule has 0 aliphatic heterocycles. The Morgan fingerprint density at radius 1 is 0.959 bits per heavy atom. The minimum Gasteiger partial charge on any atom is -0.508 e. The van der Waals surface area contributed by atoms with Crippen molar-refractivity contribution in [2.24, 2.45) is 0 Å². The maximum absolute atomic E-state index is 13.6. The molecule has 0 bridgehead atoms. The maximum atomic E-state index is 13.6. The van der Waals surface area contributed by atoms with Crippen LogP contribution >= 0.6 is 12.4 Å². The number of carboxylic acid groups (broad SMARTS) is 1. The lowest BCUT2D eigenvalue weighted by atomic mass is 9.94. The standard InChI is InChI=1S/C39H38N4O5.ClH/c44-31-14-17-34-33(22-31)28(23-40-34)19-29(21-37(45)46)41-39(47)27-13-18-36-35(20-27)42-38(43(36)30-9-5-2-6-10-30)26-11-15-32(16-12-26)48-24-25-7-3-1-4-8-25;/h1,3-4,7-8,11-18,20,22-23,29-30,40,44H,2,5-6,9-10,19,21,24H2,(H,41,47)(H,45,46);1H. The molecule has 1 amide bonds. The number of nitrogens with zero attached hydrogens (tertiary/aromatic N) is 2. The number of ether oxygens (including phenoxy) is 1. The average Bonchev–Trinajstić information content (AvgIpc) is 3.68. The van der Waals surface area contributed by atoms with Crippen LogP contribution < -0.4 is 10.1 Å². The third-order valence-corrected chi connectivity index (χ3v) is 9.23. The molecule has 0 saturated heterocycles. The van der Waals surface area contributed by atoms with Crippen molar-refractivity contribution in [3.63, 3.8) is 0 Å². The van der Waals surface area contributed by atoms with Crippen molar-refractivity contribution in [3.05, 3.63) is 114 Å². The summed E-state index contributed by atoms with van der Waals surface area (Å²) in [5.41, 5.74) is 5.82. The Balaban J connectivity index is 0.00000417. The zero-order chi connectivity index (χ0) is 33.0. The first-order valence-electron chi connectivity index (χ1n) is 16.5. The first-order valence-corrected chi connectivity index (χ1v) is 16.5. The highest BCUT2D eigenvalue weighted by molar-refractivity contribution is 5.98. The molecule has 1 atom stereocenters. The number of aromatic hydroxyl groups is 1. The van der Waals surface area contributed by atoms with Gasteiger partial charge in [-0.05, 0) is 91.1 Å². The van der Waals surface area contributed by atoms with Crippen molar-refractivity contribution in [2.75, 3.05) is 0 Å². The van der Waals surface area contributed by atoms with Crippen molar-refractivity contribution in [2.45, 2.75) is 63.6 Å². The number of aliphatic carboxylic acids is 1. The lowest BCUT2D eigenvalue weighted by molar-refractivity contribution is -0.137. The number of nitrogens with one attached hydrogen (secondary N) is 2. The minimum atomic E-state index is -1.01. The topological polar surface area (TPSA) is 129 Å². The first-order chi connectivity index (χ1) is 23.4. The molecule has 1 aliphatic carbocycles. The monoisotopic (exact) mass is 678 g/mol. The number of amides is 1. The number of aromatic amines is 1. The molecule has 2 aromatic heterocycles. The second-order valence-corrected chi connectivity index (χ2v) is 12.6. The van der Waals surface area contributed by atoms with E-state index in [1.807, 2.05) is 60.7 Å². The number of imidazole rings is 1. The van der Waals surface area contributed by atoms with E-state index in [9.17, 15) is 19.8 Å². The highest BCUT2D eigenvalue weighted by Crippen LogP contribution is 2.36. The molecule has 4 N–H and O–H groups in total. The van der Waals surface area contributed by atoms with Gasteiger partial charge in [0, 0.05) is 40.3 Å². The number of fused-ring (bicyclic) bond motifs is 2. The van der Waals surface area contributed by atoms with Crippen molar-refractivity contribution in [1.29, 1.82) is 0 Å². The van der Waals surface area contributed by atoms with Crippen LogP contribution in [0.2, 0.25) is 0 Å². The number of benzene rings is 4. The van der Waals surface area contributed by atoms with Gasteiger partial charge in [0.15, 0.2) is 0 Å². The van der Waals surface area contributed by atoms with Crippen molar-refractivity contribution in [3.8, 4) is 22.9 Å². The van der Waals surface area contributed by atoms with Crippen LogP contribution in [0.3, 0.4) is 0 Å². The van der Waals surface area contributed by atoms with Crippen LogP contribution in [0.1, 0.15) is 66.1 Å². The fourth-order valence-electron chi connectivity index (χ4n) is 6.85. The zero-order valence-corrected chi connectivity index (χ0v) is 27.8. The summed E-state index contributed by atoms with van der Waals surface area (Å²) < 4.78 is 8.35. The Morgan fingerprint density at radius 3 is 2.49 bits per heavy atom. The Kier molecular flexibility index (Phi) is 10.2. The number of carboxylic acids is 1. The predicted octanol–water partition coefficient (Wildman–Crippen LogP) is 8.21. The largest absolute Gasteiger partial charge is 0.508 e. The van der Waals surface area contributed by atoms with Crippen molar-refractivity contribution in [1.82, 2.24) is 19.9 Å². The summed E-state index contributed by atoms with van der Waals surface area (Å²) in [5.74, 6) is 0.387. The third kappa shape index (κ3) is 7.57. The van der Waals surface area contributed by atoms with Crippen LogP contribution in [0.5, 0.6) is 11.5 Å². The van der Waals surface area contributed by atoms with E-state index in [-0.39, 0.29) is 36.9 Å². The second kappa shape index (κ2) is 14.9. The molecule has 252 valence electrons. The molecule has 6 aromatic rings. The molecule has 1 saturated carbocycles. The van der Waals surface area contributed by atoms with Gasteiger partial charge in [0.1, 0.15) is 23.9 Å². The number of rotatable bonds is 11. The van der Waals surface area contributed by atoms with Crippen molar-refractivity contribution < 1.29 is 24.5 Å². The second-order valence-electron chi connectivity index (χ2n) is 12.6. The molecular weight excluding hydrogens is 640 g/mol. The summed E-state index contributed by atoms with van der Waals surface area (Å²) in [5, 5.41) is 23.4. The number of carbonyl (C=O) groups is 2. The molecular formula is C39H39ClN4O5. The summed E-state index contributed by atoms with van der Waals surface area (Å²) in [4.78, 5) is 33.6. The van der Waals surface area contributed by atoms with Crippen LogP contribution in [0.15, 0.2) is 97.2 Å². The normalized spacial score (nSPS) is 14.0. The highest BCUT2D eigenvalue weighted by Gasteiger charge is 2.24. The fraction of sp³-hybridized carbons (Fsp3) is 0.256. The Labute approximate surface area is 290 Å². The summed E-state index contributed by atoms with van der Waals surface area (Å²) in [6, 6.07) is 28.3. The number of carbonyl (C=O) groups excluding carboxylic acids is 1. The number of H-pyrrole nitrogens is 1. The van der Waals surface area contributed by atoms with Crippen LogP contribution in [0.25, 0.3) is 33.3 Å². The van der Waals surface area contributed by atoms with E-state index in [2.05, 4.69) is 14.9 Å². The molecule has 2 heterocycles. The Hall–Kier alpha value is -5.28. The number of aromatic nitrogens is 3. The van der Waals surface area contributed by atoms with Gasteiger partial charge in [-0.25, -0.2) is 4.98 Å². The number of hydrogen-bond donors (Lipinski definition) is 4. The van der Waals surface area contributed by atoms with Gasteiger partial charge >= 0.3 is 5.97 Å². The molecule has 0 radical (unpaired) electrons. The average molecular weight is 679 g/mol. The molecule has 10 heteroatoms. The molecule has 7 rings (SSSR count). The molecule has 9 nitrogen and oxygen atoms in total. The van der Waals surface area contributed by atoms with Gasteiger partial charge in [-0.3, -0.25) is 9.59 Å². The number of halogens is 1. The van der Waals surface area contributed by atoms with E-state index < -0.39 is 12.0 Å². The fourth-order valence-corrected chi connectivity index (χ4v) is 6.85. The van der Waals surface area contributed by atoms with Gasteiger partial charge in [0.05, 0.1) is 17.5 Å². The molecule has 49 heavy (non-hydrogen) atoms. The summed E-state index contributed by atoms with van der Waals surface area (Å²) in [6.07, 6.45) is 7.53. The maximum Gasteiger partial charge on any atom is 0.305 e. The molecule has 4 aromatic carbocycles. The first kappa shape index (κ1) is 33.6. The SMILES string of the molecule is Cl.O=C(O)CC(Cc1c[nH]c2ccc(O)cc12)NC(=O)c1ccc2c(c1)nc(-c1ccc(OCc3ccccc3)cc1)n2C1CCCCC1. The summed E-state index contributed by atoms with van der Waals surface area (Å²) >= 11 is 0. The summed E-state index contributed by atoms with van der Waals surface area (Å²) in [7, 11) is 0. The van der Waals surface area contributed by atoms with Crippen LogP contribution in [0, 0.1) is 0 Å². The summed E-state index contributed by atoms with van der Waals surface area (Å²) in [6.45, 7) is 0.490. The number of hydrogen-bond acceptors (Lipinski definition) is 5. The lowest BCUT2D eigenvalue weighted by Gasteiger charge is -2.25. The molecule has 1 aliphatic rings. The van der Waals surface area contributed by atoms with E-state index in [0.29, 0.717) is 18.2 Å². The smallest absolute Gasteiger partial charge is 0.305 e. The van der Waals surface area contributed by atoms with Gasteiger partial charge in [-0.2, -0.15) is 0 Å². The lowest BCUT2D eigenvalue weighted by Crippen LogP contribution is -2.38. The van der Waals surface area contributed by atoms with Gasteiger partial charge in [0.2, 0.25) is 0 Å². The zero-order valence-electron chi connectivity index (χ0n) is 27.0. The van der Waals surface area contributed by atoms with Crippen LogP contribution in [-0.2, 0) is 17.8 Å². The van der Waals surface area contributed by atoms with E-state index >= 15 is 0 Å². The molecule has 0 spiro atoms. The van der Waals surface area contributed by atoms with Gasteiger partial charge in [-0.1, -0.05) is 49.6 Å². The Morgan fingerprint density at radius 2 is 1.73 bits per heavy atom. The third-order valence-electron chi connectivity index (χ3n) is 9.23. The predicted molar refractivity (Wildman–Crippen MR) is 192 cm³/mol. The minimum absolute atomic E-state index is 0. The van der Waals surface area contributed by atoms with E-state index in [1.165, 1.54) is 6.42 Å². The van der Waals surface area contributed by atoms with Gasteiger partial charge in [0.25, 0.3) is 5.91 Å². The highest BCUT2D eigenvalue weighted by atomic mass is 35.5. The molecule has 1 unspecified atom stereocenters. The van der Waals surface area contributed by atoms with Crippen LogP contribution in [-0.4, -0.2) is 42.7 Å². The van der Waals surface area contributed by atoms with E-state index in [1.54, 1.807) is 36.5 Å². The van der Waals surface area contributed by atoms with E-state index in [4.69, 9.17) is 9.72 Å². The Bertz CT molecular complexity index is 2070. The van der Waals surface area contributed by atoms with E-state index in [0.717, 1.165) is 75.9 Å². The quantitative estimate of drug-likeness (QED) is 0.109. The van der Waals surface area contributed by atoms with Crippen molar-refractivity contribution >= 4 is 46.2 Å². The van der Waals surface area contributed by atoms with Gasteiger partial charge < -0.3 is 29.8 Å². The van der Waals surface area contributed by atoms with Crippen LogP contribution in [0.4, 0.5) is 0 Å². The number of phenols is 1.